The predicted octanol–water partition coefficient (Wildman–Crippen LogP) is 2.92. The van der Waals surface area contributed by atoms with Crippen molar-refractivity contribution < 1.29 is 15.0 Å². The minimum Gasteiger partial charge on any atom is -0.507 e. The maximum Gasteiger partial charge on any atom is 0.257 e. The first-order valence-electron chi connectivity index (χ1n) is 7.77. The first kappa shape index (κ1) is 14.9. The lowest BCUT2D eigenvalue weighted by molar-refractivity contribution is 0.0679. The summed E-state index contributed by atoms with van der Waals surface area (Å²) in [5, 5.41) is 21.7. The SMILES string of the molecule is CC(O)CC1CCCN1C(=O)c1cc2ccccc2cc1O. The molecule has 2 unspecified atom stereocenters. The van der Waals surface area contributed by atoms with Crippen molar-refractivity contribution in [1.82, 2.24) is 4.90 Å². The van der Waals surface area contributed by atoms with Crippen LogP contribution in [0, 0.1) is 0 Å². The van der Waals surface area contributed by atoms with Crippen LogP contribution >= 0.6 is 0 Å². The van der Waals surface area contributed by atoms with E-state index >= 15 is 0 Å². The summed E-state index contributed by atoms with van der Waals surface area (Å²) < 4.78 is 0. The van der Waals surface area contributed by atoms with Gasteiger partial charge in [-0.2, -0.15) is 0 Å². The summed E-state index contributed by atoms with van der Waals surface area (Å²) in [5.74, 6) is -0.127. The fourth-order valence-corrected chi connectivity index (χ4v) is 3.30. The van der Waals surface area contributed by atoms with Crippen molar-refractivity contribution in [2.75, 3.05) is 6.54 Å². The fraction of sp³-hybridized carbons (Fsp3) is 0.389. The van der Waals surface area contributed by atoms with E-state index in [0.29, 0.717) is 18.5 Å². The van der Waals surface area contributed by atoms with Crippen molar-refractivity contribution in [3.63, 3.8) is 0 Å². The van der Waals surface area contributed by atoms with Gasteiger partial charge < -0.3 is 15.1 Å². The maximum absolute atomic E-state index is 12.8. The zero-order chi connectivity index (χ0) is 15.7. The van der Waals surface area contributed by atoms with Gasteiger partial charge in [-0.3, -0.25) is 4.79 Å². The van der Waals surface area contributed by atoms with E-state index in [9.17, 15) is 15.0 Å². The number of phenols is 1. The Balaban J connectivity index is 1.92. The molecule has 2 aromatic carbocycles. The number of likely N-dealkylation sites (tertiary alicyclic amines) is 1. The third-order valence-corrected chi connectivity index (χ3v) is 4.35. The number of nitrogens with zero attached hydrogens (tertiary/aromatic N) is 1. The number of benzene rings is 2. The van der Waals surface area contributed by atoms with Gasteiger partial charge >= 0.3 is 0 Å². The van der Waals surface area contributed by atoms with Gasteiger partial charge in [0.2, 0.25) is 0 Å². The molecule has 3 rings (SSSR count). The number of fused-ring (bicyclic) bond motifs is 1. The number of hydrogen-bond acceptors (Lipinski definition) is 3. The number of carbonyl (C=O) groups is 1. The largest absolute Gasteiger partial charge is 0.507 e. The average Bonchev–Trinajstić information content (AvgIpc) is 2.93. The Labute approximate surface area is 130 Å². The minimum atomic E-state index is -0.427. The zero-order valence-electron chi connectivity index (χ0n) is 12.7. The number of carbonyl (C=O) groups excluding carboxylic acids is 1. The molecule has 2 N–H and O–H groups in total. The summed E-state index contributed by atoms with van der Waals surface area (Å²) in [6, 6.07) is 11.1. The molecule has 1 amide bonds. The number of rotatable bonds is 3. The summed E-state index contributed by atoms with van der Waals surface area (Å²) in [7, 11) is 0. The number of aromatic hydroxyl groups is 1. The first-order valence-corrected chi connectivity index (χ1v) is 7.77. The van der Waals surface area contributed by atoms with Crippen LogP contribution in [0.15, 0.2) is 36.4 Å². The smallest absolute Gasteiger partial charge is 0.257 e. The normalized spacial score (nSPS) is 19.5. The van der Waals surface area contributed by atoms with E-state index in [1.807, 2.05) is 24.3 Å². The summed E-state index contributed by atoms with van der Waals surface area (Å²) in [5.41, 5.74) is 0.344. The number of amides is 1. The molecule has 22 heavy (non-hydrogen) atoms. The molecule has 2 aromatic rings. The van der Waals surface area contributed by atoms with Crippen LogP contribution in [-0.2, 0) is 0 Å². The molecule has 0 saturated carbocycles. The van der Waals surface area contributed by atoms with Crippen molar-refractivity contribution in [1.29, 1.82) is 0 Å². The van der Waals surface area contributed by atoms with Gasteiger partial charge in [-0.25, -0.2) is 0 Å². The standard InChI is InChI=1S/C18H21NO3/c1-12(20)9-15-7-4-8-19(15)18(22)16-10-13-5-2-3-6-14(13)11-17(16)21/h2-3,5-6,10-12,15,20-21H,4,7-9H2,1H3. The van der Waals surface area contributed by atoms with Crippen molar-refractivity contribution >= 4 is 16.7 Å². The van der Waals surface area contributed by atoms with E-state index in [0.717, 1.165) is 23.6 Å². The van der Waals surface area contributed by atoms with Crippen LogP contribution in [0.25, 0.3) is 10.8 Å². The lowest BCUT2D eigenvalue weighted by atomic mass is 10.0. The van der Waals surface area contributed by atoms with E-state index in [1.54, 1.807) is 24.0 Å². The van der Waals surface area contributed by atoms with Gasteiger partial charge in [0.25, 0.3) is 5.91 Å². The van der Waals surface area contributed by atoms with Gasteiger partial charge in [-0.1, -0.05) is 24.3 Å². The third-order valence-electron chi connectivity index (χ3n) is 4.35. The molecule has 0 aromatic heterocycles. The van der Waals surface area contributed by atoms with E-state index in [1.165, 1.54) is 0 Å². The van der Waals surface area contributed by atoms with Gasteiger partial charge in [-0.05, 0) is 49.1 Å². The molecule has 2 atom stereocenters. The number of hydrogen-bond donors (Lipinski definition) is 2. The maximum atomic E-state index is 12.8. The molecule has 1 saturated heterocycles. The van der Waals surface area contributed by atoms with Crippen molar-refractivity contribution in [2.45, 2.75) is 38.3 Å². The summed E-state index contributed by atoms with van der Waals surface area (Å²) in [4.78, 5) is 14.6. The highest BCUT2D eigenvalue weighted by atomic mass is 16.3. The highest BCUT2D eigenvalue weighted by Gasteiger charge is 2.31. The Morgan fingerprint density at radius 1 is 1.32 bits per heavy atom. The lowest BCUT2D eigenvalue weighted by Gasteiger charge is -2.26. The molecule has 1 heterocycles. The Hall–Kier alpha value is -2.07. The van der Waals surface area contributed by atoms with Crippen LogP contribution in [0.5, 0.6) is 5.75 Å². The van der Waals surface area contributed by atoms with Crippen LogP contribution in [-0.4, -0.2) is 39.7 Å². The first-order chi connectivity index (χ1) is 10.6. The minimum absolute atomic E-state index is 0.0198. The van der Waals surface area contributed by atoms with Crippen molar-refractivity contribution in [2.24, 2.45) is 0 Å². The van der Waals surface area contributed by atoms with Crippen LogP contribution in [0.3, 0.4) is 0 Å². The zero-order valence-corrected chi connectivity index (χ0v) is 12.7. The number of aliphatic hydroxyl groups excluding tert-OH is 1. The molecule has 4 heteroatoms. The number of phenolic OH excluding ortho intramolecular Hbond substituents is 1. The Morgan fingerprint density at radius 2 is 2.00 bits per heavy atom. The van der Waals surface area contributed by atoms with Crippen molar-refractivity contribution in [3.8, 4) is 5.75 Å². The molecule has 0 spiro atoms. The molecule has 0 bridgehead atoms. The van der Waals surface area contributed by atoms with Crippen LogP contribution in [0.4, 0.5) is 0 Å². The highest BCUT2D eigenvalue weighted by molar-refractivity contribution is 6.01. The average molecular weight is 299 g/mol. The second kappa shape index (κ2) is 5.97. The second-order valence-corrected chi connectivity index (χ2v) is 6.10. The van der Waals surface area contributed by atoms with Gasteiger partial charge in [0.05, 0.1) is 11.7 Å². The Morgan fingerprint density at radius 3 is 2.68 bits per heavy atom. The molecular weight excluding hydrogens is 278 g/mol. The van der Waals surface area contributed by atoms with Crippen LogP contribution < -0.4 is 0 Å². The van der Waals surface area contributed by atoms with Crippen LogP contribution in [0.2, 0.25) is 0 Å². The van der Waals surface area contributed by atoms with Gasteiger partial charge in [0.1, 0.15) is 5.75 Å². The van der Waals surface area contributed by atoms with Gasteiger partial charge in [0, 0.05) is 12.6 Å². The molecule has 1 fully saturated rings. The summed E-state index contributed by atoms with van der Waals surface area (Å²) in [6.45, 7) is 2.43. The molecule has 0 radical (unpaired) electrons. The van der Waals surface area contributed by atoms with E-state index in [2.05, 4.69) is 0 Å². The quantitative estimate of drug-likeness (QED) is 0.916. The molecule has 1 aliphatic rings. The van der Waals surface area contributed by atoms with Crippen molar-refractivity contribution in [3.05, 3.63) is 42.0 Å². The highest BCUT2D eigenvalue weighted by Crippen LogP contribution is 2.29. The number of aliphatic hydroxyl groups is 1. The molecule has 116 valence electrons. The summed E-state index contributed by atoms with van der Waals surface area (Å²) in [6.07, 6.45) is 2.01. The van der Waals surface area contributed by atoms with Crippen LogP contribution in [0.1, 0.15) is 36.5 Å². The van der Waals surface area contributed by atoms with E-state index in [-0.39, 0.29) is 17.7 Å². The fourth-order valence-electron chi connectivity index (χ4n) is 3.30. The third kappa shape index (κ3) is 2.79. The molecular formula is C18H21NO3. The molecule has 4 nitrogen and oxygen atoms in total. The van der Waals surface area contributed by atoms with E-state index < -0.39 is 6.10 Å². The summed E-state index contributed by atoms with van der Waals surface area (Å²) >= 11 is 0. The van der Waals surface area contributed by atoms with E-state index in [4.69, 9.17) is 0 Å². The molecule has 1 aliphatic heterocycles. The predicted molar refractivity (Wildman–Crippen MR) is 86.0 cm³/mol. The lowest BCUT2D eigenvalue weighted by Crippen LogP contribution is -2.37. The second-order valence-electron chi connectivity index (χ2n) is 6.10. The van der Waals surface area contributed by atoms with Gasteiger partial charge in [-0.15, -0.1) is 0 Å². The monoisotopic (exact) mass is 299 g/mol. The Kier molecular flexibility index (Phi) is 4.03. The Bertz CT molecular complexity index is 696. The topological polar surface area (TPSA) is 60.8 Å². The van der Waals surface area contributed by atoms with Gasteiger partial charge in [0.15, 0.2) is 0 Å². The molecule has 0 aliphatic carbocycles.